The number of hydrogen-bond acceptors (Lipinski definition) is 3. The van der Waals surface area contributed by atoms with Crippen LogP contribution in [-0.4, -0.2) is 16.8 Å². The van der Waals surface area contributed by atoms with Crippen molar-refractivity contribution in [2.45, 2.75) is 52.5 Å². The maximum atomic E-state index is 13.0. The molecule has 1 aliphatic heterocycles. The van der Waals surface area contributed by atoms with E-state index < -0.39 is 17.7 Å². The van der Waals surface area contributed by atoms with Crippen LogP contribution in [0.4, 0.5) is 5.69 Å². The van der Waals surface area contributed by atoms with E-state index in [1.165, 1.54) is 4.90 Å². The van der Waals surface area contributed by atoms with Crippen molar-refractivity contribution in [2.24, 2.45) is 0 Å². The topological polar surface area (TPSA) is 57.6 Å². The number of benzene rings is 2. The molecule has 2 aromatic carbocycles. The van der Waals surface area contributed by atoms with Gasteiger partial charge in [-0.3, -0.25) is 14.5 Å². The number of ketones is 1. The number of aliphatic hydroxyl groups excluding tert-OH is 1. The Balaban J connectivity index is 2.19. The molecule has 1 heterocycles. The number of Topliss-reactive ketones (excluding diaryl/α,β-unsaturated/α-hetero) is 1. The molecule has 29 heavy (non-hydrogen) atoms. The van der Waals surface area contributed by atoms with E-state index in [0.717, 1.165) is 16.7 Å². The molecule has 0 spiro atoms. The van der Waals surface area contributed by atoms with Crippen molar-refractivity contribution in [3.8, 4) is 0 Å². The van der Waals surface area contributed by atoms with Crippen molar-refractivity contribution in [3.63, 3.8) is 0 Å². The van der Waals surface area contributed by atoms with Crippen LogP contribution in [0.5, 0.6) is 0 Å². The van der Waals surface area contributed by atoms with Gasteiger partial charge in [0.25, 0.3) is 5.91 Å². The van der Waals surface area contributed by atoms with Crippen LogP contribution in [-0.2, 0) is 15.0 Å². The summed E-state index contributed by atoms with van der Waals surface area (Å²) in [5.41, 5.74) is 3.34. The van der Waals surface area contributed by atoms with Crippen molar-refractivity contribution in [2.75, 3.05) is 4.90 Å². The van der Waals surface area contributed by atoms with Crippen molar-refractivity contribution >= 4 is 29.0 Å². The molecular formula is C24H26ClNO3. The second-order valence-corrected chi connectivity index (χ2v) is 8.78. The van der Waals surface area contributed by atoms with Gasteiger partial charge in [-0.15, -0.1) is 0 Å². The summed E-state index contributed by atoms with van der Waals surface area (Å²) in [7, 11) is 0. The van der Waals surface area contributed by atoms with Crippen molar-refractivity contribution in [1.29, 1.82) is 0 Å². The average molecular weight is 412 g/mol. The van der Waals surface area contributed by atoms with Crippen LogP contribution in [0.3, 0.4) is 0 Å². The van der Waals surface area contributed by atoms with Crippen molar-refractivity contribution in [3.05, 3.63) is 75.5 Å². The molecule has 3 rings (SSSR count). The molecule has 1 aliphatic rings. The Morgan fingerprint density at radius 1 is 1.14 bits per heavy atom. The third-order valence-electron chi connectivity index (χ3n) is 5.42. The van der Waals surface area contributed by atoms with E-state index in [1.54, 1.807) is 25.1 Å². The Morgan fingerprint density at radius 2 is 1.76 bits per heavy atom. The van der Waals surface area contributed by atoms with Crippen LogP contribution >= 0.6 is 11.6 Å². The standard InChI is InChI=1S/C24H26ClNO3/c1-6-19(27)20-21(15-10-12-16(13-11-15)24(3,4)5)26(23(29)22(20)28)18-9-7-8-17(25)14(18)2/h7-13,21,28H,6H2,1-5H3. The monoisotopic (exact) mass is 411 g/mol. The summed E-state index contributed by atoms with van der Waals surface area (Å²) in [6.45, 7) is 9.92. The summed E-state index contributed by atoms with van der Waals surface area (Å²) in [5.74, 6) is -1.32. The van der Waals surface area contributed by atoms with Gasteiger partial charge in [-0.05, 0) is 41.2 Å². The predicted octanol–water partition coefficient (Wildman–Crippen LogP) is 5.83. The number of aliphatic hydroxyl groups is 1. The van der Waals surface area contributed by atoms with Gasteiger partial charge >= 0.3 is 0 Å². The van der Waals surface area contributed by atoms with E-state index in [2.05, 4.69) is 20.8 Å². The predicted molar refractivity (Wildman–Crippen MR) is 117 cm³/mol. The van der Waals surface area contributed by atoms with Gasteiger partial charge in [0, 0.05) is 17.1 Å². The number of rotatable bonds is 4. The smallest absolute Gasteiger partial charge is 0.294 e. The van der Waals surface area contributed by atoms with Gasteiger partial charge in [0.2, 0.25) is 0 Å². The van der Waals surface area contributed by atoms with Gasteiger partial charge in [-0.2, -0.15) is 0 Å². The molecule has 2 aromatic rings. The highest BCUT2D eigenvalue weighted by Crippen LogP contribution is 2.43. The fourth-order valence-corrected chi connectivity index (χ4v) is 3.84. The highest BCUT2D eigenvalue weighted by atomic mass is 35.5. The number of halogens is 1. The molecule has 1 unspecified atom stereocenters. The van der Waals surface area contributed by atoms with E-state index >= 15 is 0 Å². The van der Waals surface area contributed by atoms with Crippen molar-refractivity contribution in [1.82, 2.24) is 0 Å². The molecule has 1 amide bonds. The van der Waals surface area contributed by atoms with Crippen LogP contribution in [0.25, 0.3) is 0 Å². The Kier molecular flexibility index (Phi) is 5.59. The van der Waals surface area contributed by atoms with Crippen LogP contribution in [0.1, 0.15) is 56.8 Å². The van der Waals surface area contributed by atoms with E-state index in [4.69, 9.17) is 11.6 Å². The number of anilines is 1. The first-order chi connectivity index (χ1) is 13.6. The first-order valence-electron chi connectivity index (χ1n) is 9.73. The minimum Gasteiger partial charge on any atom is -0.503 e. The third-order valence-corrected chi connectivity index (χ3v) is 5.83. The quantitative estimate of drug-likeness (QED) is 0.689. The van der Waals surface area contributed by atoms with Gasteiger partial charge in [0.1, 0.15) is 0 Å². The molecule has 1 N–H and O–H groups in total. The Morgan fingerprint density at radius 3 is 2.31 bits per heavy atom. The molecule has 0 aliphatic carbocycles. The number of carbonyl (C=O) groups is 2. The van der Waals surface area contributed by atoms with Gasteiger partial charge in [0.05, 0.1) is 11.6 Å². The fourth-order valence-electron chi connectivity index (χ4n) is 3.67. The molecule has 0 fully saturated rings. The van der Waals surface area contributed by atoms with Gasteiger partial charge < -0.3 is 5.11 Å². The molecule has 152 valence electrons. The number of amides is 1. The largest absolute Gasteiger partial charge is 0.503 e. The van der Waals surface area contributed by atoms with E-state index in [9.17, 15) is 14.7 Å². The van der Waals surface area contributed by atoms with E-state index in [-0.39, 0.29) is 23.2 Å². The lowest BCUT2D eigenvalue weighted by Gasteiger charge is -2.29. The lowest BCUT2D eigenvalue weighted by atomic mass is 9.85. The molecular weight excluding hydrogens is 386 g/mol. The summed E-state index contributed by atoms with van der Waals surface area (Å²) in [6.07, 6.45) is 0.200. The molecule has 0 saturated carbocycles. The lowest BCUT2D eigenvalue weighted by molar-refractivity contribution is -0.118. The minimum absolute atomic E-state index is 0.0205. The fraction of sp³-hybridized carbons (Fsp3) is 0.333. The first kappa shape index (κ1) is 21.1. The third kappa shape index (κ3) is 3.69. The Labute approximate surface area is 176 Å². The summed E-state index contributed by atoms with van der Waals surface area (Å²) >= 11 is 6.29. The molecule has 0 saturated heterocycles. The zero-order valence-electron chi connectivity index (χ0n) is 17.4. The lowest BCUT2D eigenvalue weighted by Crippen LogP contribution is -2.31. The Hall–Kier alpha value is -2.59. The highest BCUT2D eigenvalue weighted by molar-refractivity contribution is 6.32. The second-order valence-electron chi connectivity index (χ2n) is 8.37. The van der Waals surface area contributed by atoms with Crippen LogP contribution in [0.2, 0.25) is 5.02 Å². The van der Waals surface area contributed by atoms with Crippen LogP contribution in [0.15, 0.2) is 53.8 Å². The highest BCUT2D eigenvalue weighted by Gasteiger charge is 2.44. The maximum absolute atomic E-state index is 13.0. The van der Waals surface area contributed by atoms with E-state index in [0.29, 0.717) is 10.7 Å². The minimum atomic E-state index is -0.693. The summed E-state index contributed by atoms with van der Waals surface area (Å²) < 4.78 is 0. The number of nitrogens with zero attached hydrogens (tertiary/aromatic N) is 1. The van der Waals surface area contributed by atoms with E-state index in [1.807, 2.05) is 31.2 Å². The molecule has 0 aromatic heterocycles. The Bertz CT molecular complexity index is 1000. The van der Waals surface area contributed by atoms with Crippen LogP contribution < -0.4 is 4.90 Å². The van der Waals surface area contributed by atoms with Gasteiger partial charge in [-0.25, -0.2) is 0 Å². The average Bonchev–Trinajstić information content (AvgIpc) is 2.94. The normalized spacial score (nSPS) is 17.2. The zero-order chi connectivity index (χ0) is 21.5. The first-order valence-corrected chi connectivity index (χ1v) is 10.1. The molecule has 0 radical (unpaired) electrons. The molecule has 4 nitrogen and oxygen atoms in total. The molecule has 1 atom stereocenters. The number of hydrogen-bond donors (Lipinski definition) is 1. The van der Waals surface area contributed by atoms with Gasteiger partial charge in [0.15, 0.2) is 11.5 Å². The van der Waals surface area contributed by atoms with Crippen LogP contribution in [0, 0.1) is 6.92 Å². The summed E-state index contributed by atoms with van der Waals surface area (Å²) in [4.78, 5) is 27.2. The molecule has 0 bridgehead atoms. The van der Waals surface area contributed by atoms with Gasteiger partial charge in [-0.1, -0.05) is 69.6 Å². The zero-order valence-corrected chi connectivity index (χ0v) is 18.2. The summed E-state index contributed by atoms with van der Waals surface area (Å²) in [6, 6.07) is 12.5. The number of carbonyl (C=O) groups excluding carboxylic acids is 2. The maximum Gasteiger partial charge on any atom is 0.294 e. The second kappa shape index (κ2) is 7.68. The molecule has 5 heteroatoms. The van der Waals surface area contributed by atoms with Crippen molar-refractivity contribution < 1.29 is 14.7 Å². The summed E-state index contributed by atoms with van der Waals surface area (Å²) in [5, 5.41) is 11.1. The SMILES string of the molecule is CCC(=O)C1=C(O)C(=O)N(c2cccc(Cl)c2C)C1c1ccc(C(C)(C)C)cc1.